The van der Waals surface area contributed by atoms with Crippen molar-refractivity contribution in [3.05, 3.63) is 24.5 Å². The van der Waals surface area contributed by atoms with Gasteiger partial charge in [-0.15, -0.1) is 0 Å². The van der Waals surface area contributed by atoms with Gasteiger partial charge in [-0.1, -0.05) is 0 Å². The fourth-order valence-electron chi connectivity index (χ4n) is 1.55. The van der Waals surface area contributed by atoms with Crippen molar-refractivity contribution in [2.24, 2.45) is 0 Å². The quantitative estimate of drug-likeness (QED) is 0.785. The van der Waals surface area contributed by atoms with Gasteiger partial charge in [0.2, 0.25) is 0 Å². The molecule has 0 bridgehead atoms. The molecule has 78 valence electrons. The summed E-state index contributed by atoms with van der Waals surface area (Å²) in [6.45, 7) is 0. The molecule has 0 fully saturated rings. The largest absolute Gasteiger partial charge is 0.506 e. The van der Waals surface area contributed by atoms with E-state index in [-0.39, 0.29) is 5.75 Å². The molecule has 0 aliphatic carbocycles. The molecule has 2 rings (SSSR count). The van der Waals surface area contributed by atoms with Crippen LogP contribution in [0.25, 0.3) is 10.8 Å². The van der Waals surface area contributed by atoms with Gasteiger partial charge in [0, 0.05) is 24.0 Å². The van der Waals surface area contributed by atoms with Crippen LogP contribution >= 0.6 is 0 Å². The molecule has 15 heavy (non-hydrogen) atoms. The highest BCUT2D eigenvalue weighted by Crippen LogP contribution is 2.33. The topological polar surface area (TPSA) is 54.4 Å². The van der Waals surface area contributed by atoms with E-state index in [1.165, 1.54) is 6.20 Å². The SMILES string of the molecule is CNc1cc2cncc(O)c2cc1OC. The van der Waals surface area contributed by atoms with Crippen molar-refractivity contribution < 1.29 is 9.84 Å². The summed E-state index contributed by atoms with van der Waals surface area (Å²) in [4.78, 5) is 3.92. The van der Waals surface area contributed by atoms with Crippen molar-refractivity contribution in [2.45, 2.75) is 0 Å². The van der Waals surface area contributed by atoms with E-state index in [9.17, 15) is 5.11 Å². The van der Waals surface area contributed by atoms with Crippen LogP contribution in [-0.2, 0) is 0 Å². The normalized spacial score (nSPS) is 10.3. The molecule has 2 N–H and O–H groups in total. The molecule has 0 saturated carbocycles. The van der Waals surface area contributed by atoms with Crippen LogP contribution in [-0.4, -0.2) is 24.2 Å². The minimum Gasteiger partial charge on any atom is -0.506 e. The van der Waals surface area contributed by atoms with Crippen LogP contribution in [0.15, 0.2) is 24.5 Å². The standard InChI is InChI=1S/C11H12N2O2/c1-12-9-3-7-5-13-6-10(14)8(7)4-11(9)15-2/h3-6,12,14H,1-2H3. The van der Waals surface area contributed by atoms with Crippen LogP contribution in [0.3, 0.4) is 0 Å². The first-order valence-electron chi connectivity index (χ1n) is 4.58. The average Bonchev–Trinajstić information content (AvgIpc) is 2.28. The molecule has 0 aliphatic rings. The molecular weight excluding hydrogens is 192 g/mol. The van der Waals surface area contributed by atoms with E-state index in [0.29, 0.717) is 5.75 Å². The Morgan fingerprint density at radius 2 is 2.13 bits per heavy atom. The number of hydrogen-bond donors (Lipinski definition) is 2. The number of benzene rings is 1. The van der Waals surface area contributed by atoms with E-state index in [1.807, 2.05) is 13.1 Å². The monoisotopic (exact) mass is 204 g/mol. The lowest BCUT2D eigenvalue weighted by Gasteiger charge is -2.10. The molecule has 2 aromatic rings. The Bertz CT molecular complexity index is 497. The molecule has 0 saturated heterocycles. The van der Waals surface area contributed by atoms with Gasteiger partial charge in [0.15, 0.2) is 0 Å². The summed E-state index contributed by atoms with van der Waals surface area (Å²) in [5, 5.41) is 14.3. The Labute approximate surface area is 87.5 Å². The minimum atomic E-state index is 0.161. The Morgan fingerprint density at radius 3 is 2.80 bits per heavy atom. The second-order valence-electron chi connectivity index (χ2n) is 3.18. The smallest absolute Gasteiger partial charge is 0.142 e. The summed E-state index contributed by atoms with van der Waals surface area (Å²) in [6.07, 6.45) is 3.12. The van der Waals surface area contributed by atoms with Gasteiger partial charge in [-0.2, -0.15) is 0 Å². The summed E-state index contributed by atoms with van der Waals surface area (Å²) in [6, 6.07) is 3.68. The highest BCUT2D eigenvalue weighted by atomic mass is 16.5. The molecule has 0 aliphatic heterocycles. The van der Waals surface area contributed by atoms with E-state index < -0.39 is 0 Å². The van der Waals surface area contributed by atoms with Gasteiger partial charge < -0.3 is 15.2 Å². The second-order valence-corrected chi connectivity index (χ2v) is 3.18. The molecule has 0 amide bonds. The third-order valence-electron chi connectivity index (χ3n) is 2.33. The van der Waals surface area contributed by atoms with E-state index >= 15 is 0 Å². The van der Waals surface area contributed by atoms with Gasteiger partial charge in [-0.05, 0) is 12.1 Å². The zero-order chi connectivity index (χ0) is 10.8. The van der Waals surface area contributed by atoms with Crippen molar-refractivity contribution in [3.63, 3.8) is 0 Å². The number of methoxy groups -OCH3 is 1. The summed E-state index contributed by atoms with van der Waals surface area (Å²) in [7, 11) is 3.42. The summed E-state index contributed by atoms with van der Waals surface area (Å²) in [5.41, 5.74) is 0.873. The van der Waals surface area contributed by atoms with E-state index in [1.54, 1.807) is 19.4 Å². The predicted octanol–water partition coefficient (Wildman–Crippen LogP) is 1.99. The summed E-state index contributed by atoms with van der Waals surface area (Å²) in [5.74, 6) is 0.861. The lowest BCUT2D eigenvalue weighted by atomic mass is 10.1. The highest BCUT2D eigenvalue weighted by Gasteiger charge is 2.06. The van der Waals surface area contributed by atoms with Crippen LogP contribution in [0.1, 0.15) is 0 Å². The number of aromatic nitrogens is 1. The van der Waals surface area contributed by atoms with Gasteiger partial charge in [0.1, 0.15) is 11.5 Å². The first kappa shape index (κ1) is 9.58. The molecule has 1 aromatic heterocycles. The number of nitrogens with one attached hydrogen (secondary N) is 1. The number of ether oxygens (including phenoxy) is 1. The molecule has 0 atom stereocenters. The zero-order valence-corrected chi connectivity index (χ0v) is 8.61. The highest BCUT2D eigenvalue weighted by molar-refractivity contribution is 5.92. The minimum absolute atomic E-state index is 0.161. The number of anilines is 1. The number of hydrogen-bond acceptors (Lipinski definition) is 4. The van der Waals surface area contributed by atoms with E-state index in [2.05, 4.69) is 10.3 Å². The van der Waals surface area contributed by atoms with Gasteiger partial charge in [-0.25, -0.2) is 0 Å². The third kappa shape index (κ3) is 1.54. The van der Waals surface area contributed by atoms with Crippen LogP contribution in [0, 0.1) is 0 Å². The number of pyridine rings is 1. The van der Waals surface area contributed by atoms with Crippen molar-refractivity contribution in [1.82, 2.24) is 4.98 Å². The lowest BCUT2D eigenvalue weighted by molar-refractivity contribution is 0.417. The van der Waals surface area contributed by atoms with Crippen LogP contribution in [0.5, 0.6) is 11.5 Å². The Kier molecular flexibility index (Phi) is 2.33. The first-order valence-corrected chi connectivity index (χ1v) is 4.58. The molecule has 1 heterocycles. The maximum atomic E-state index is 9.62. The van der Waals surface area contributed by atoms with Gasteiger partial charge >= 0.3 is 0 Å². The fraction of sp³-hybridized carbons (Fsp3) is 0.182. The average molecular weight is 204 g/mol. The molecule has 0 unspecified atom stereocenters. The molecule has 0 radical (unpaired) electrons. The molecular formula is C11H12N2O2. The van der Waals surface area contributed by atoms with Crippen molar-refractivity contribution in [2.75, 3.05) is 19.5 Å². The Balaban J connectivity index is 2.75. The zero-order valence-electron chi connectivity index (χ0n) is 8.61. The van der Waals surface area contributed by atoms with Gasteiger partial charge in [-0.3, -0.25) is 4.98 Å². The third-order valence-corrected chi connectivity index (χ3v) is 2.33. The fourth-order valence-corrected chi connectivity index (χ4v) is 1.55. The van der Waals surface area contributed by atoms with Crippen molar-refractivity contribution in [1.29, 1.82) is 0 Å². The maximum Gasteiger partial charge on any atom is 0.142 e. The van der Waals surface area contributed by atoms with Crippen LogP contribution in [0.4, 0.5) is 5.69 Å². The summed E-state index contributed by atoms with van der Waals surface area (Å²) < 4.78 is 5.21. The predicted molar refractivity (Wildman–Crippen MR) is 59.5 cm³/mol. The molecule has 1 aromatic carbocycles. The number of fused-ring (bicyclic) bond motifs is 1. The number of rotatable bonds is 2. The first-order chi connectivity index (χ1) is 7.26. The van der Waals surface area contributed by atoms with Gasteiger partial charge in [0.25, 0.3) is 0 Å². The Hall–Kier alpha value is -1.97. The van der Waals surface area contributed by atoms with Crippen LogP contribution in [0.2, 0.25) is 0 Å². The lowest BCUT2D eigenvalue weighted by Crippen LogP contribution is -1.93. The van der Waals surface area contributed by atoms with Crippen molar-refractivity contribution in [3.8, 4) is 11.5 Å². The molecule has 4 nitrogen and oxygen atoms in total. The van der Waals surface area contributed by atoms with E-state index in [4.69, 9.17) is 4.74 Å². The summed E-state index contributed by atoms with van der Waals surface area (Å²) >= 11 is 0. The number of nitrogens with zero attached hydrogens (tertiary/aromatic N) is 1. The van der Waals surface area contributed by atoms with Crippen LogP contribution < -0.4 is 10.1 Å². The van der Waals surface area contributed by atoms with E-state index in [0.717, 1.165) is 16.5 Å². The Morgan fingerprint density at radius 1 is 1.33 bits per heavy atom. The molecule has 4 heteroatoms. The molecule has 0 spiro atoms. The maximum absolute atomic E-state index is 9.62. The number of aromatic hydroxyl groups is 1. The second kappa shape index (κ2) is 3.65. The van der Waals surface area contributed by atoms with Crippen molar-refractivity contribution >= 4 is 16.5 Å². The van der Waals surface area contributed by atoms with Gasteiger partial charge in [0.05, 0.1) is 19.0 Å².